The largest absolute Gasteiger partial charge is 0.497 e. The van der Waals surface area contributed by atoms with E-state index in [2.05, 4.69) is 38.4 Å². The number of methoxy groups -OCH3 is 1. The zero-order chi connectivity index (χ0) is 24.0. The number of rotatable bonds is 8. The number of nitrogens with one attached hydrogen (secondary N) is 2. The Morgan fingerprint density at radius 3 is 2.82 bits per heavy atom. The Morgan fingerprint density at radius 2 is 2.12 bits per heavy atom. The number of hydrogen-bond acceptors (Lipinski definition) is 5. The van der Waals surface area contributed by atoms with Gasteiger partial charge >= 0.3 is 0 Å². The van der Waals surface area contributed by atoms with Crippen LogP contribution in [0.15, 0.2) is 60.9 Å². The fourth-order valence-electron chi connectivity index (χ4n) is 4.68. The molecule has 0 saturated carbocycles. The third-order valence-corrected chi connectivity index (χ3v) is 6.48. The normalized spacial score (nSPS) is 18.0. The van der Waals surface area contributed by atoms with Crippen LogP contribution in [-0.4, -0.2) is 41.0 Å². The number of amides is 1. The summed E-state index contributed by atoms with van der Waals surface area (Å²) in [7, 11) is 1.67. The lowest BCUT2D eigenvalue weighted by atomic mass is 9.89. The molecule has 1 saturated heterocycles. The second-order valence-electron chi connectivity index (χ2n) is 9.17. The number of H-pyrrole nitrogens is 1. The van der Waals surface area contributed by atoms with Crippen LogP contribution in [0.25, 0.3) is 0 Å². The van der Waals surface area contributed by atoms with Crippen LogP contribution in [0.4, 0.5) is 0 Å². The summed E-state index contributed by atoms with van der Waals surface area (Å²) in [5.74, 6) is 1.52. The molecule has 34 heavy (non-hydrogen) atoms. The first-order valence-electron chi connectivity index (χ1n) is 11.7. The number of carbonyl (C=O) groups is 1. The molecule has 2 atom stereocenters. The molecular weight excluding hydrogens is 426 g/mol. The fourth-order valence-corrected chi connectivity index (χ4v) is 4.68. The molecule has 1 unspecified atom stereocenters. The van der Waals surface area contributed by atoms with Crippen LogP contribution in [0.3, 0.4) is 0 Å². The number of piperidine rings is 1. The number of imidazole rings is 1. The number of nitriles is 1. The quantitative estimate of drug-likeness (QED) is 0.537. The maximum atomic E-state index is 13.5. The molecule has 1 aliphatic heterocycles. The van der Waals surface area contributed by atoms with E-state index in [9.17, 15) is 4.79 Å². The number of hydrogen-bond donors (Lipinski definition) is 2. The lowest BCUT2D eigenvalue weighted by Gasteiger charge is -2.35. The van der Waals surface area contributed by atoms with Crippen LogP contribution in [0.1, 0.15) is 42.3 Å². The molecule has 2 heterocycles. The van der Waals surface area contributed by atoms with E-state index in [1.54, 1.807) is 31.6 Å². The number of benzene rings is 2. The third-order valence-electron chi connectivity index (χ3n) is 6.48. The highest BCUT2D eigenvalue weighted by atomic mass is 16.5. The summed E-state index contributed by atoms with van der Waals surface area (Å²) >= 11 is 0. The molecule has 176 valence electrons. The Kier molecular flexibility index (Phi) is 7.29. The van der Waals surface area contributed by atoms with Crippen LogP contribution in [0, 0.1) is 17.2 Å². The maximum Gasteiger partial charge on any atom is 0.225 e. The Morgan fingerprint density at radius 1 is 1.29 bits per heavy atom. The highest BCUT2D eigenvalue weighted by Crippen LogP contribution is 2.26. The summed E-state index contributed by atoms with van der Waals surface area (Å²) in [5, 5.41) is 12.4. The maximum absolute atomic E-state index is 13.5. The fraction of sp³-hybridized carbons (Fsp3) is 0.370. The van der Waals surface area contributed by atoms with Crippen LogP contribution >= 0.6 is 0 Å². The van der Waals surface area contributed by atoms with E-state index in [0.29, 0.717) is 24.4 Å². The average molecular weight is 458 g/mol. The van der Waals surface area contributed by atoms with Gasteiger partial charge < -0.3 is 15.0 Å². The first kappa shape index (κ1) is 23.5. The van der Waals surface area contributed by atoms with Gasteiger partial charge in [-0.05, 0) is 61.7 Å². The van der Waals surface area contributed by atoms with Gasteiger partial charge in [0.05, 0.1) is 30.2 Å². The van der Waals surface area contributed by atoms with Gasteiger partial charge in [-0.2, -0.15) is 5.26 Å². The average Bonchev–Trinajstić information content (AvgIpc) is 3.41. The smallest absolute Gasteiger partial charge is 0.225 e. The predicted molar refractivity (Wildman–Crippen MR) is 130 cm³/mol. The predicted octanol–water partition coefficient (Wildman–Crippen LogP) is 3.78. The molecule has 1 aromatic heterocycles. The summed E-state index contributed by atoms with van der Waals surface area (Å²) in [5.41, 5.74) is 2.14. The van der Waals surface area contributed by atoms with Crippen molar-refractivity contribution in [1.82, 2.24) is 20.2 Å². The lowest BCUT2D eigenvalue weighted by Crippen LogP contribution is -2.51. The monoisotopic (exact) mass is 457 g/mol. The van der Waals surface area contributed by atoms with Crippen molar-refractivity contribution in [3.8, 4) is 11.8 Å². The van der Waals surface area contributed by atoms with E-state index in [1.807, 2.05) is 31.2 Å². The van der Waals surface area contributed by atoms with E-state index >= 15 is 0 Å². The van der Waals surface area contributed by atoms with Crippen molar-refractivity contribution < 1.29 is 9.53 Å². The van der Waals surface area contributed by atoms with E-state index in [4.69, 9.17) is 10.00 Å². The Bertz CT molecular complexity index is 1140. The minimum absolute atomic E-state index is 0.0443. The summed E-state index contributed by atoms with van der Waals surface area (Å²) in [6.07, 6.45) is 5.89. The summed E-state index contributed by atoms with van der Waals surface area (Å²) < 4.78 is 5.35. The number of aromatic amines is 1. The van der Waals surface area contributed by atoms with E-state index in [-0.39, 0.29) is 11.8 Å². The molecule has 0 aliphatic carbocycles. The van der Waals surface area contributed by atoms with Gasteiger partial charge in [0.25, 0.3) is 0 Å². The molecule has 0 bridgehead atoms. The summed E-state index contributed by atoms with van der Waals surface area (Å²) in [6, 6.07) is 17.7. The molecule has 2 aromatic carbocycles. The van der Waals surface area contributed by atoms with Crippen molar-refractivity contribution in [2.45, 2.75) is 38.3 Å². The van der Waals surface area contributed by atoms with E-state index in [0.717, 1.165) is 37.2 Å². The van der Waals surface area contributed by atoms with Crippen molar-refractivity contribution in [3.05, 3.63) is 83.4 Å². The van der Waals surface area contributed by atoms with Crippen molar-refractivity contribution in [3.63, 3.8) is 0 Å². The third kappa shape index (κ3) is 5.64. The molecule has 4 rings (SSSR count). The second kappa shape index (κ2) is 10.5. The van der Waals surface area contributed by atoms with Gasteiger partial charge in [0, 0.05) is 31.9 Å². The molecule has 1 fully saturated rings. The Labute approximate surface area is 200 Å². The summed E-state index contributed by atoms with van der Waals surface area (Å²) in [6.45, 7) is 4.48. The SMILES string of the molecule is COc1cccc(CN2CCC[C@H](C(=O)NC(C)(Cc3ccc(C#N)cc3)c3ncc[nH]3)C2)c1. The number of ether oxygens (including phenoxy) is 1. The van der Waals surface area contributed by atoms with Gasteiger partial charge in [0.1, 0.15) is 11.6 Å². The Balaban J connectivity index is 1.45. The van der Waals surface area contributed by atoms with Crippen LogP contribution in [-0.2, 0) is 23.3 Å². The molecule has 0 radical (unpaired) electrons. The highest BCUT2D eigenvalue weighted by Gasteiger charge is 2.35. The first-order chi connectivity index (χ1) is 16.5. The minimum atomic E-state index is -0.691. The van der Waals surface area contributed by atoms with Gasteiger partial charge in [0.15, 0.2) is 0 Å². The zero-order valence-corrected chi connectivity index (χ0v) is 19.8. The minimum Gasteiger partial charge on any atom is -0.497 e. The molecule has 7 nitrogen and oxygen atoms in total. The number of likely N-dealkylation sites (tertiary alicyclic amines) is 1. The van der Waals surface area contributed by atoms with Gasteiger partial charge in [-0.1, -0.05) is 24.3 Å². The van der Waals surface area contributed by atoms with Crippen molar-refractivity contribution in [2.24, 2.45) is 5.92 Å². The molecule has 3 aromatic rings. The van der Waals surface area contributed by atoms with Crippen LogP contribution in [0.2, 0.25) is 0 Å². The van der Waals surface area contributed by atoms with E-state index < -0.39 is 5.54 Å². The Hall–Kier alpha value is -3.63. The van der Waals surface area contributed by atoms with Crippen LogP contribution in [0.5, 0.6) is 5.75 Å². The number of carbonyl (C=O) groups excluding carboxylic acids is 1. The molecule has 0 spiro atoms. The van der Waals surface area contributed by atoms with Crippen molar-refractivity contribution in [1.29, 1.82) is 5.26 Å². The van der Waals surface area contributed by atoms with Crippen molar-refractivity contribution in [2.75, 3.05) is 20.2 Å². The standard InChI is InChI=1S/C27H31N5O2/c1-27(26-29-12-13-30-26,16-20-8-10-21(17-28)11-9-20)31-25(33)23-6-4-14-32(19-23)18-22-5-3-7-24(15-22)34-2/h3,5,7-13,15,23H,4,6,14,16,18-19H2,1-2H3,(H,29,30)(H,31,33)/t23-,27?/m0/s1. The molecular formula is C27H31N5O2. The van der Waals surface area contributed by atoms with Crippen molar-refractivity contribution >= 4 is 5.91 Å². The van der Waals surface area contributed by atoms with Crippen LogP contribution < -0.4 is 10.1 Å². The molecule has 2 N–H and O–H groups in total. The topological polar surface area (TPSA) is 94.0 Å². The number of aromatic nitrogens is 2. The molecule has 7 heteroatoms. The molecule has 1 amide bonds. The second-order valence-corrected chi connectivity index (χ2v) is 9.17. The molecule has 1 aliphatic rings. The van der Waals surface area contributed by atoms with Gasteiger partial charge in [-0.25, -0.2) is 4.98 Å². The first-order valence-corrected chi connectivity index (χ1v) is 11.7. The summed E-state index contributed by atoms with van der Waals surface area (Å²) in [4.78, 5) is 23.4. The lowest BCUT2D eigenvalue weighted by molar-refractivity contribution is -0.128. The zero-order valence-electron chi connectivity index (χ0n) is 19.8. The highest BCUT2D eigenvalue weighted by molar-refractivity contribution is 5.80. The number of nitrogens with zero attached hydrogens (tertiary/aromatic N) is 3. The van der Waals surface area contributed by atoms with E-state index in [1.165, 1.54) is 5.56 Å². The van der Waals surface area contributed by atoms with Gasteiger partial charge in [0.2, 0.25) is 5.91 Å². The van der Waals surface area contributed by atoms with Gasteiger partial charge in [-0.3, -0.25) is 9.69 Å². The van der Waals surface area contributed by atoms with Gasteiger partial charge in [-0.15, -0.1) is 0 Å².